The maximum atomic E-state index is 5.52. The molecule has 0 radical (unpaired) electrons. The van der Waals surface area contributed by atoms with E-state index in [0.717, 1.165) is 26.1 Å². The lowest BCUT2D eigenvalue weighted by Gasteiger charge is -2.09. The van der Waals surface area contributed by atoms with Crippen molar-refractivity contribution in [2.75, 3.05) is 132 Å². The molecule has 10 heteroatoms. The van der Waals surface area contributed by atoms with E-state index in [0.29, 0.717) is 119 Å². The maximum absolute atomic E-state index is 5.52. The molecule has 0 N–H and O–H groups in total. The smallest absolute Gasteiger partial charge is 0.0701 e. The second-order valence-corrected chi connectivity index (χ2v) is 8.89. The molecule has 236 valence electrons. The van der Waals surface area contributed by atoms with E-state index in [9.17, 15) is 0 Å². The van der Waals surface area contributed by atoms with Crippen LogP contribution in [0, 0.1) is 0 Å². The van der Waals surface area contributed by atoms with Gasteiger partial charge in [-0.1, -0.05) is 46.0 Å². The summed E-state index contributed by atoms with van der Waals surface area (Å²) in [6.45, 7) is 16.3. The zero-order valence-corrected chi connectivity index (χ0v) is 25.2. The second-order valence-electron chi connectivity index (χ2n) is 8.89. The van der Waals surface area contributed by atoms with Crippen LogP contribution in [0.4, 0.5) is 0 Å². The van der Waals surface area contributed by atoms with Gasteiger partial charge in [-0.15, -0.1) is 0 Å². The number of ether oxygens (including phenoxy) is 10. The Kier molecular flexibility index (Phi) is 37.2. The highest BCUT2D eigenvalue weighted by molar-refractivity contribution is 4.41. The first-order valence-electron chi connectivity index (χ1n) is 15.2. The van der Waals surface area contributed by atoms with Gasteiger partial charge in [0.2, 0.25) is 0 Å². The summed E-state index contributed by atoms with van der Waals surface area (Å²) < 4.78 is 54.8. The molecule has 0 spiro atoms. The van der Waals surface area contributed by atoms with Gasteiger partial charge in [0.25, 0.3) is 0 Å². The van der Waals surface area contributed by atoms with Gasteiger partial charge < -0.3 is 47.4 Å². The molecule has 10 nitrogen and oxygen atoms in total. The van der Waals surface area contributed by atoms with Gasteiger partial charge in [-0.25, -0.2) is 0 Å². The van der Waals surface area contributed by atoms with Crippen molar-refractivity contribution in [1.82, 2.24) is 0 Å². The van der Waals surface area contributed by atoms with Crippen LogP contribution in [-0.2, 0) is 47.4 Å². The van der Waals surface area contributed by atoms with Gasteiger partial charge in [-0.3, -0.25) is 0 Å². The van der Waals surface area contributed by atoms with Gasteiger partial charge in [0, 0.05) is 13.2 Å². The summed E-state index contributed by atoms with van der Waals surface area (Å²) in [5.41, 5.74) is 0. The molecule has 0 fully saturated rings. The molecule has 39 heavy (non-hydrogen) atoms. The summed E-state index contributed by atoms with van der Waals surface area (Å²) in [5, 5.41) is 0. The minimum absolute atomic E-state index is 0.534. The van der Waals surface area contributed by atoms with Crippen LogP contribution in [0.3, 0.4) is 0 Å². The summed E-state index contributed by atoms with van der Waals surface area (Å²) in [6, 6.07) is 0. The molecule has 0 aliphatic rings. The van der Waals surface area contributed by atoms with Crippen molar-refractivity contribution >= 4 is 0 Å². The van der Waals surface area contributed by atoms with Crippen LogP contribution < -0.4 is 0 Å². The third kappa shape index (κ3) is 37.6. The zero-order valence-electron chi connectivity index (χ0n) is 25.2. The van der Waals surface area contributed by atoms with Crippen molar-refractivity contribution < 1.29 is 47.4 Å². The topological polar surface area (TPSA) is 92.3 Å². The van der Waals surface area contributed by atoms with Crippen LogP contribution >= 0.6 is 0 Å². The molecule has 0 aromatic carbocycles. The van der Waals surface area contributed by atoms with Crippen LogP contribution in [0.25, 0.3) is 0 Å². The Labute approximate surface area is 238 Å². The Bertz CT molecular complexity index is 382. The summed E-state index contributed by atoms with van der Waals surface area (Å²) in [4.78, 5) is 0. The molecule has 0 bridgehead atoms. The molecule has 0 amide bonds. The van der Waals surface area contributed by atoms with Gasteiger partial charge in [0.1, 0.15) is 0 Å². The number of hydrogen-bond acceptors (Lipinski definition) is 10. The lowest BCUT2D eigenvalue weighted by molar-refractivity contribution is -0.0264. The fourth-order valence-electron chi connectivity index (χ4n) is 3.17. The van der Waals surface area contributed by atoms with E-state index in [1.807, 2.05) is 0 Å². The quantitative estimate of drug-likeness (QED) is 0.104. The maximum Gasteiger partial charge on any atom is 0.0701 e. The van der Waals surface area contributed by atoms with E-state index in [-0.39, 0.29) is 0 Å². The summed E-state index contributed by atoms with van der Waals surface area (Å²) in [7, 11) is 0. The van der Waals surface area contributed by atoms with Gasteiger partial charge in [-0.05, 0) is 12.8 Å². The minimum atomic E-state index is 0.534. The normalized spacial score (nSPS) is 11.5. The van der Waals surface area contributed by atoms with E-state index >= 15 is 0 Å². The van der Waals surface area contributed by atoms with Gasteiger partial charge in [-0.2, -0.15) is 0 Å². The average Bonchev–Trinajstić information content (AvgIpc) is 2.95. The molecule has 0 aliphatic carbocycles. The van der Waals surface area contributed by atoms with Crippen molar-refractivity contribution in [2.24, 2.45) is 0 Å². The molecule has 0 heterocycles. The van der Waals surface area contributed by atoms with Crippen LogP contribution in [0.15, 0.2) is 0 Å². The highest BCUT2D eigenvalue weighted by Gasteiger charge is 1.96. The third-order valence-corrected chi connectivity index (χ3v) is 5.38. The molecular weight excluding hydrogens is 508 g/mol. The average molecular weight is 569 g/mol. The molecule has 0 saturated heterocycles. The van der Waals surface area contributed by atoms with Crippen LogP contribution in [0.1, 0.15) is 58.8 Å². The first-order chi connectivity index (χ1) is 19.4. The molecule has 0 saturated carbocycles. The first kappa shape index (κ1) is 38.6. The minimum Gasteiger partial charge on any atom is -0.379 e. The molecule has 0 atom stereocenters. The van der Waals surface area contributed by atoms with E-state index in [1.165, 1.54) is 32.1 Å². The van der Waals surface area contributed by atoms with E-state index in [4.69, 9.17) is 47.4 Å². The van der Waals surface area contributed by atoms with Gasteiger partial charge >= 0.3 is 0 Å². The third-order valence-electron chi connectivity index (χ3n) is 5.38. The van der Waals surface area contributed by atoms with Crippen LogP contribution in [-0.4, -0.2) is 132 Å². The highest BCUT2D eigenvalue weighted by Crippen LogP contribution is 1.98. The van der Waals surface area contributed by atoms with Crippen LogP contribution in [0.5, 0.6) is 0 Å². The highest BCUT2D eigenvalue weighted by atomic mass is 16.6. The standard InChI is InChI=1S/C29H60O10/c1-3-5-7-9-11-31-13-15-33-17-19-35-21-23-37-25-27-39-29-28-38-26-24-36-22-20-34-18-16-32-14-12-30-10-8-6-4-2/h3-29H2,1-2H3. The first-order valence-corrected chi connectivity index (χ1v) is 15.2. The van der Waals surface area contributed by atoms with Crippen molar-refractivity contribution in [3.05, 3.63) is 0 Å². The zero-order chi connectivity index (χ0) is 28.2. The van der Waals surface area contributed by atoms with Crippen molar-refractivity contribution in [2.45, 2.75) is 58.8 Å². The Morgan fingerprint density at radius 1 is 0.205 bits per heavy atom. The van der Waals surface area contributed by atoms with E-state index in [1.54, 1.807) is 0 Å². The number of unbranched alkanes of at least 4 members (excludes halogenated alkanes) is 5. The monoisotopic (exact) mass is 568 g/mol. The lowest BCUT2D eigenvalue weighted by atomic mass is 10.2. The van der Waals surface area contributed by atoms with Crippen molar-refractivity contribution in [3.8, 4) is 0 Å². The lowest BCUT2D eigenvalue weighted by Crippen LogP contribution is -2.15. The Balaban J connectivity index is 3.01. The number of rotatable bonds is 36. The van der Waals surface area contributed by atoms with Crippen molar-refractivity contribution in [3.63, 3.8) is 0 Å². The molecule has 0 aliphatic heterocycles. The van der Waals surface area contributed by atoms with Crippen LogP contribution in [0.2, 0.25) is 0 Å². The molecule has 0 rings (SSSR count). The largest absolute Gasteiger partial charge is 0.379 e. The number of hydrogen-bond donors (Lipinski definition) is 0. The SMILES string of the molecule is CCCCCCOCCOCCOCCOCCOCCOCCOCCOCCOCCOCCCCC. The predicted molar refractivity (Wildman–Crippen MR) is 152 cm³/mol. The fourth-order valence-corrected chi connectivity index (χ4v) is 3.17. The van der Waals surface area contributed by atoms with E-state index < -0.39 is 0 Å². The predicted octanol–water partition coefficient (Wildman–Crippen LogP) is 3.92. The summed E-state index contributed by atoms with van der Waals surface area (Å²) in [5.74, 6) is 0. The van der Waals surface area contributed by atoms with Crippen molar-refractivity contribution in [1.29, 1.82) is 0 Å². The Morgan fingerprint density at radius 2 is 0.385 bits per heavy atom. The van der Waals surface area contributed by atoms with E-state index in [2.05, 4.69) is 13.8 Å². The molecule has 0 aromatic rings. The molecule has 0 unspecified atom stereocenters. The summed E-state index contributed by atoms with van der Waals surface area (Å²) >= 11 is 0. The van der Waals surface area contributed by atoms with Gasteiger partial charge in [0.05, 0.1) is 119 Å². The summed E-state index contributed by atoms with van der Waals surface area (Å²) in [6.07, 6.45) is 8.47. The Morgan fingerprint density at radius 3 is 0.615 bits per heavy atom. The van der Waals surface area contributed by atoms with Gasteiger partial charge in [0.15, 0.2) is 0 Å². The fraction of sp³-hybridized carbons (Fsp3) is 1.00. The second kappa shape index (κ2) is 37.6. The Hall–Kier alpha value is -0.400. The molecular formula is C29H60O10. The molecule has 0 aromatic heterocycles.